The smallest absolute Gasteiger partial charge is 0.390 e. The third kappa shape index (κ3) is 4.34. The van der Waals surface area contributed by atoms with Crippen LogP contribution in [0.25, 0.3) is 0 Å². The maximum Gasteiger partial charge on any atom is 0.397 e. The Balaban J connectivity index is 1.39. The van der Waals surface area contributed by atoms with Crippen molar-refractivity contribution in [3.8, 4) is 0 Å². The van der Waals surface area contributed by atoms with E-state index in [4.69, 9.17) is 8.92 Å². The van der Waals surface area contributed by atoms with Gasteiger partial charge in [-0.25, -0.2) is 4.18 Å². The molecule has 5 rings (SSSR count). The van der Waals surface area contributed by atoms with Crippen LogP contribution in [0.15, 0.2) is 11.6 Å². The lowest BCUT2D eigenvalue weighted by atomic mass is 9.47. The molecule has 200 valence electrons. The highest BCUT2D eigenvalue weighted by Crippen LogP contribution is 2.67. The lowest BCUT2D eigenvalue weighted by Gasteiger charge is -2.59. The zero-order valence-corrected chi connectivity index (χ0v) is 22.6. The van der Waals surface area contributed by atoms with E-state index in [9.17, 15) is 23.2 Å². The van der Waals surface area contributed by atoms with E-state index in [2.05, 4.69) is 40.7 Å². The van der Waals surface area contributed by atoms with E-state index in [0.29, 0.717) is 48.7 Å². The van der Waals surface area contributed by atoms with Gasteiger partial charge in [0.25, 0.3) is 0 Å². The van der Waals surface area contributed by atoms with Crippen molar-refractivity contribution in [1.82, 2.24) is 0 Å². The zero-order chi connectivity index (χ0) is 25.5. The minimum absolute atomic E-state index is 0.217. The standard InChI is InChI=1S/C27H44O7S/c1-14(2)12-22-24(33-22)15(3)17-8-9-18-16-6-7-20-25(34-35(30,31)32)23(29)21(28)13-27(20,5)19(16)10-11-26(17,18)4/h6,14-15,17-25,28-29H,7-13H2,1-5H3,(H,30,31,32)/t15-,17+,18-,19-,20?,21+,22-,23-,24-,25-,26+,27+/m0/s1. The molecule has 3 saturated carbocycles. The molecular weight excluding hydrogens is 468 g/mol. The van der Waals surface area contributed by atoms with E-state index in [1.165, 1.54) is 12.0 Å². The summed E-state index contributed by atoms with van der Waals surface area (Å²) < 4.78 is 43.6. The predicted octanol–water partition coefficient (Wildman–Crippen LogP) is 4.14. The van der Waals surface area contributed by atoms with Crippen molar-refractivity contribution < 1.29 is 32.1 Å². The molecule has 0 aromatic carbocycles. The molecule has 0 bridgehead atoms. The number of allylic oxidation sites excluding steroid dienone is 2. The van der Waals surface area contributed by atoms with Crippen LogP contribution in [0, 0.1) is 46.3 Å². The van der Waals surface area contributed by atoms with Crippen LogP contribution in [0.4, 0.5) is 0 Å². The number of fused-ring (bicyclic) bond motifs is 5. The molecule has 4 aliphatic carbocycles. The first-order chi connectivity index (χ1) is 16.3. The van der Waals surface area contributed by atoms with Gasteiger partial charge in [-0.2, -0.15) is 8.42 Å². The molecule has 0 spiro atoms. The van der Waals surface area contributed by atoms with Gasteiger partial charge in [0.1, 0.15) is 12.2 Å². The van der Waals surface area contributed by atoms with Crippen molar-refractivity contribution in [3.05, 3.63) is 11.6 Å². The fraction of sp³-hybridized carbons (Fsp3) is 0.926. The van der Waals surface area contributed by atoms with E-state index >= 15 is 0 Å². The molecule has 0 radical (unpaired) electrons. The van der Waals surface area contributed by atoms with Crippen molar-refractivity contribution in [2.24, 2.45) is 46.3 Å². The van der Waals surface area contributed by atoms with Crippen LogP contribution in [-0.4, -0.2) is 53.7 Å². The Kier molecular flexibility index (Phi) is 6.54. The molecule has 5 aliphatic rings. The van der Waals surface area contributed by atoms with Crippen molar-refractivity contribution in [2.45, 2.75) is 110 Å². The van der Waals surface area contributed by atoms with E-state index in [1.807, 2.05) is 0 Å². The summed E-state index contributed by atoms with van der Waals surface area (Å²) in [5.74, 6) is 2.23. The molecule has 4 fully saturated rings. The second-order valence-electron chi connectivity index (χ2n) is 13.3. The van der Waals surface area contributed by atoms with Crippen LogP contribution < -0.4 is 0 Å². The number of ether oxygens (including phenoxy) is 1. The van der Waals surface area contributed by atoms with E-state index in [1.54, 1.807) is 0 Å². The lowest BCUT2D eigenvalue weighted by Crippen LogP contribution is -2.60. The summed E-state index contributed by atoms with van der Waals surface area (Å²) in [6.45, 7) is 11.5. The number of hydrogen-bond donors (Lipinski definition) is 3. The molecule has 1 aliphatic heterocycles. The van der Waals surface area contributed by atoms with E-state index < -0.39 is 34.1 Å². The molecule has 7 nitrogen and oxygen atoms in total. The highest BCUT2D eigenvalue weighted by atomic mass is 32.3. The molecule has 8 heteroatoms. The van der Waals surface area contributed by atoms with Crippen LogP contribution in [0.3, 0.4) is 0 Å². The average Bonchev–Trinajstić information content (AvgIpc) is 3.40. The first-order valence-corrected chi connectivity index (χ1v) is 15.0. The van der Waals surface area contributed by atoms with Gasteiger partial charge in [-0.05, 0) is 91.3 Å². The molecule has 0 amide bonds. The fourth-order valence-electron chi connectivity index (χ4n) is 9.28. The summed E-state index contributed by atoms with van der Waals surface area (Å²) >= 11 is 0. The fourth-order valence-corrected chi connectivity index (χ4v) is 9.81. The van der Waals surface area contributed by atoms with Gasteiger partial charge < -0.3 is 14.9 Å². The second kappa shape index (κ2) is 8.77. The average molecular weight is 513 g/mol. The highest BCUT2D eigenvalue weighted by Gasteiger charge is 2.63. The van der Waals surface area contributed by atoms with Gasteiger partial charge in [-0.1, -0.05) is 46.3 Å². The number of aliphatic hydroxyl groups excluding tert-OH is 2. The van der Waals surface area contributed by atoms with Gasteiger partial charge in [-0.15, -0.1) is 0 Å². The number of rotatable bonds is 6. The first-order valence-electron chi connectivity index (χ1n) is 13.6. The summed E-state index contributed by atoms with van der Waals surface area (Å²) in [6.07, 6.45) is 6.07. The SMILES string of the molecule is CC(C)C[C@@H]1O[C@H]1[C@@H](C)[C@H]1CC[C@H]2C3=CCC4[C@H](OS(=O)(=O)O)[C@@H](O)[C@H](O)C[C@]4(C)[C@H]3CC[C@]12C. The topological polar surface area (TPSA) is 117 Å². The molecule has 3 N–H and O–H groups in total. The minimum atomic E-state index is -4.75. The molecular formula is C27H44O7S. The molecule has 12 atom stereocenters. The third-order valence-corrected chi connectivity index (χ3v) is 11.4. The molecule has 1 heterocycles. The van der Waals surface area contributed by atoms with Gasteiger partial charge in [0.05, 0.1) is 18.3 Å². The normalized spacial score (nSPS) is 50.2. The third-order valence-electron chi connectivity index (χ3n) is 10.9. The molecule has 1 saturated heterocycles. The zero-order valence-electron chi connectivity index (χ0n) is 21.8. The minimum Gasteiger partial charge on any atom is -0.390 e. The maximum absolute atomic E-state index is 11.6. The van der Waals surface area contributed by atoms with Gasteiger partial charge >= 0.3 is 10.4 Å². The Morgan fingerprint density at radius 2 is 1.80 bits per heavy atom. The Morgan fingerprint density at radius 3 is 2.46 bits per heavy atom. The highest BCUT2D eigenvalue weighted by molar-refractivity contribution is 7.80. The largest absolute Gasteiger partial charge is 0.397 e. The maximum atomic E-state index is 11.6. The van der Waals surface area contributed by atoms with Crippen molar-refractivity contribution in [3.63, 3.8) is 0 Å². The van der Waals surface area contributed by atoms with Gasteiger partial charge in [0, 0.05) is 0 Å². The lowest BCUT2D eigenvalue weighted by molar-refractivity contribution is -0.165. The van der Waals surface area contributed by atoms with E-state index in [0.717, 1.165) is 25.7 Å². The van der Waals surface area contributed by atoms with Crippen molar-refractivity contribution >= 4 is 10.4 Å². The number of hydrogen-bond acceptors (Lipinski definition) is 6. The molecule has 0 aromatic heterocycles. The Hall–Kier alpha value is -0.510. The summed E-state index contributed by atoms with van der Waals surface area (Å²) in [5.41, 5.74) is 1.29. The number of epoxide rings is 1. The quantitative estimate of drug-likeness (QED) is 0.278. The summed E-state index contributed by atoms with van der Waals surface area (Å²) in [4.78, 5) is 0. The summed E-state index contributed by atoms with van der Waals surface area (Å²) in [7, 11) is -4.75. The van der Waals surface area contributed by atoms with Crippen LogP contribution >= 0.6 is 0 Å². The van der Waals surface area contributed by atoms with Crippen LogP contribution in [0.1, 0.15) is 79.6 Å². The van der Waals surface area contributed by atoms with Gasteiger partial charge in [0.15, 0.2) is 0 Å². The molecule has 0 aromatic rings. The van der Waals surface area contributed by atoms with Crippen molar-refractivity contribution in [1.29, 1.82) is 0 Å². The second-order valence-corrected chi connectivity index (χ2v) is 14.3. The molecule has 35 heavy (non-hydrogen) atoms. The summed E-state index contributed by atoms with van der Waals surface area (Å²) in [6, 6.07) is 0. The van der Waals surface area contributed by atoms with E-state index in [-0.39, 0.29) is 17.3 Å². The van der Waals surface area contributed by atoms with Crippen molar-refractivity contribution in [2.75, 3.05) is 0 Å². The monoisotopic (exact) mass is 512 g/mol. The van der Waals surface area contributed by atoms with Gasteiger partial charge in [-0.3, -0.25) is 4.55 Å². The number of aliphatic hydroxyl groups is 2. The Labute approximate surface area is 210 Å². The first kappa shape index (κ1) is 26.1. The Bertz CT molecular complexity index is 963. The predicted molar refractivity (Wildman–Crippen MR) is 132 cm³/mol. The molecule has 1 unspecified atom stereocenters. The summed E-state index contributed by atoms with van der Waals surface area (Å²) in [5, 5.41) is 21.3. The van der Waals surface area contributed by atoms with Gasteiger partial charge in [0.2, 0.25) is 0 Å². The van der Waals surface area contributed by atoms with Crippen LogP contribution in [-0.2, 0) is 19.3 Å². The Morgan fingerprint density at radius 1 is 1.11 bits per heavy atom. The van der Waals surface area contributed by atoms with Crippen LogP contribution in [0.2, 0.25) is 0 Å². The van der Waals surface area contributed by atoms with Crippen LogP contribution in [0.5, 0.6) is 0 Å².